The quantitative estimate of drug-likeness (QED) is 0.276. The molecule has 6 nitrogen and oxygen atoms in total. The van der Waals surface area contributed by atoms with Gasteiger partial charge in [-0.05, 0) is 90.0 Å². The molecular formula is C33H46ClN3O3. The van der Waals surface area contributed by atoms with Crippen LogP contribution in [0.4, 0.5) is 0 Å². The van der Waals surface area contributed by atoms with E-state index < -0.39 is 0 Å². The maximum atomic E-state index is 12.7. The number of aromatic hydroxyl groups is 1. The van der Waals surface area contributed by atoms with Gasteiger partial charge in [-0.3, -0.25) is 4.79 Å². The van der Waals surface area contributed by atoms with Crippen molar-refractivity contribution in [3.63, 3.8) is 0 Å². The summed E-state index contributed by atoms with van der Waals surface area (Å²) in [7, 11) is 0. The average molecular weight is 568 g/mol. The third-order valence-corrected chi connectivity index (χ3v) is 9.14. The molecule has 2 unspecified atom stereocenters. The van der Waals surface area contributed by atoms with Crippen molar-refractivity contribution in [2.45, 2.75) is 99.3 Å². The topological polar surface area (TPSA) is 77.2 Å². The molecule has 0 aliphatic heterocycles. The van der Waals surface area contributed by atoms with Crippen molar-refractivity contribution >= 4 is 28.6 Å². The predicted octanol–water partition coefficient (Wildman–Crippen LogP) is 8.43. The number of halogens is 1. The van der Waals surface area contributed by atoms with Crippen LogP contribution >= 0.6 is 11.6 Å². The fourth-order valence-electron chi connectivity index (χ4n) is 5.97. The molecule has 1 fully saturated rings. The van der Waals surface area contributed by atoms with Crippen LogP contribution in [-0.4, -0.2) is 32.7 Å². The van der Waals surface area contributed by atoms with Crippen LogP contribution in [0.15, 0.2) is 30.3 Å². The van der Waals surface area contributed by atoms with Crippen LogP contribution in [-0.2, 0) is 21.4 Å². The van der Waals surface area contributed by atoms with Crippen LogP contribution in [0, 0.1) is 22.7 Å². The number of ether oxygens (including phenoxy) is 1. The summed E-state index contributed by atoms with van der Waals surface area (Å²) in [5, 5.41) is 20.9. The zero-order chi connectivity index (χ0) is 29.5. The van der Waals surface area contributed by atoms with E-state index in [1.54, 1.807) is 18.2 Å². The van der Waals surface area contributed by atoms with Gasteiger partial charge in [0.1, 0.15) is 22.5 Å². The number of rotatable bonds is 8. The standard InChI is InChI=1S/C33H46ClN3O3/c1-31(2,3)22-10-11-23(19-22)33(7,8)15-16-40-29(38)14-9-21-17-25(32(4,5)6)30(39)28(18-21)37-35-26-13-12-24(34)20-27(26)36-37/h12-13,17-18,20,22-23,39H,9-11,14-16,19H2,1-8H3. The number of hydrogen-bond acceptors (Lipinski definition) is 5. The molecule has 4 rings (SSSR count). The van der Waals surface area contributed by atoms with Gasteiger partial charge in [0.05, 0.1) is 6.61 Å². The number of fused-ring (bicyclic) bond motifs is 1. The van der Waals surface area contributed by atoms with Gasteiger partial charge in [0, 0.05) is 17.0 Å². The molecule has 2 aromatic carbocycles. The van der Waals surface area contributed by atoms with Gasteiger partial charge in [-0.1, -0.05) is 73.1 Å². The van der Waals surface area contributed by atoms with Crippen LogP contribution in [0.1, 0.15) is 98.6 Å². The van der Waals surface area contributed by atoms with Gasteiger partial charge in [-0.25, -0.2) is 0 Å². The van der Waals surface area contributed by atoms with E-state index in [9.17, 15) is 9.90 Å². The third-order valence-electron chi connectivity index (χ3n) is 8.91. The summed E-state index contributed by atoms with van der Waals surface area (Å²) in [5.74, 6) is 1.37. The Kier molecular flexibility index (Phi) is 8.61. The molecule has 1 aliphatic rings. The minimum Gasteiger partial charge on any atom is -0.505 e. The first-order chi connectivity index (χ1) is 18.5. The fourth-order valence-corrected chi connectivity index (χ4v) is 6.14. The van der Waals surface area contributed by atoms with Crippen molar-refractivity contribution in [3.05, 3.63) is 46.5 Å². The zero-order valence-corrected chi connectivity index (χ0v) is 26.2. The van der Waals surface area contributed by atoms with E-state index in [-0.39, 0.29) is 29.0 Å². The first-order valence-electron chi connectivity index (χ1n) is 14.6. The number of esters is 1. The van der Waals surface area contributed by atoms with Crippen LogP contribution in [0.5, 0.6) is 5.75 Å². The Balaban J connectivity index is 1.41. The highest BCUT2D eigenvalue weighted by Crippen LogP contribution is 2.49. The predicted molar refractivity (Wildman–Crippen MR) is 162 cm³/mol. The largest absolute Gasteiger partial charge is 0.505 e. The molecule has 0 saturated heterocycles. The number of aromatic nitrogens is 3. The highest BCUT2D eigenvalue weighted by atomic mass is 35.5. The summed E-state index contributed by atoms with van der Waals surface area (Å²) < 4.78 is 5.71. The van der Waals surface area contributed by atoms with E-state index in [0.29, 0.717) is 46.1 Å². The molecule has 0 spiro atoms. The first-order valence-corrected chi connectivity index (χ1v) is 15.0. The molecule has 218 valence electrons. The SMILES string of the molecule is CC(C)(C)c1cc(CCC(=O)OCCC(C)(C)C2CCC(C(C)(C)C)C2)cc(-n2nc3ccc(Cl)cc3n2)c1O. The third kappa shape index (κ3) is 6.99. The summed E-state index contributed by atoms with van der Waals surface area (Å²) >= 11 is 6.13. The lowest BCUT2D eigenvalue weighted by Crippen LogP contribution is -2.26. The van der Waals surface area contributed by atoms with E-state index in [1.165, 1.54) is 24.1 Å². The molecule has 3 aromatic rings. The van der Waals surface area contributed by atoms with Crippen molar-refractivity contribution in [1.29, 1.82) is 0 Å². The lowest BCUT2D eigenvalue weighted by atomic mass is 9.73. The Morgan fingerprint density at radius 1 is 1.00 bits per heavy atom. The van der Waals surface area contributed by atoms with Crippen molar-refractivity contribution in [2.75, 3.05) is 6.61 Å². The highest BCUT2D eigenvalue weighted by molar-refractivity contribution is 6.31. The molecule has 40 heavy (non-hydrogen) atoms. The highest BCUT2D eigenvalue weighted by Gasteiger charge is 2.39. The smallest absolute Gasteiger partial charge is 0.306 e. The van der Waals surface area contributed by atoms with Crippen molar-refractivity contribution < 1.29 is 14.6 Å². The Hall–Kier alpha value is -2.60. The molecular weight excluding hydrogens is 522 g/mol. The van der Waals surface area contributed by atoms with Gasteiger partial charge in [0.25, 0.3) is 0 Å². The second-order valence-electron chi connectivity index (χ2n) is 14.4. The average Bonchev–Trinajstić information content (AvgIpc) is 3.50. The first kappa shape index (κ1) is 30.4. The molecule has 1 saturated carbocycles. The monoisotopic (exact) mass is 567 g/mol. The second kappa shape index (κ2) is 11.3. The number of hydrogen-bond donors (Lipinski definition) is 1. The summed E-state index contributed by atoms with van der Waals surface area (Å²) in [4.78, 5) is 14.2. The van der Waals surface area contributed by atoms with Crippen LogP contribution in [0.3, 0.4) is 0 Å². The van der Waals surface area contributed by atoms with E-state index in [1.807, 2.05) is 32.9 Å². The molecule has 1 N–H and O–H groups in total. The Morgan fingerprint density at radius 2 is 1.68 bits per heavy atom. The second-order valence-corrected chi connectivity index (χ2v) is 14.9. The molecule has 0 bridgehead atoms. The summed E-state index contributed by atoms with van der Waals surface area (Å²) in [5.41, 5.74) is 3.70. The van der Waals surface area contributed by atoms with Gasteiger partial charge in [0.2, 0.25) is 0 Å². The number of aryl methyl sites for hydroxylation is 1. The lowest BCUT2D eigenvalue weighted by Gasteiger charge is -2.33. The van der Waals surface area contributed by atoms with Crippen molar-refractivity contribution in [1.82, 2.24) is 15.0 Å². The summed E-state index contributed by atoms with van der Waals surface area (Å²) in [6, 6.07) is 9.15. The van der Waals surface area contributed by atoms with Gasteiger partial charge in [0.15, 0.2) is 0 Å². The Labute approximate surface area is 244 Å². The van der Waals surface area contributed by atoms with Gasteiger partial charge >= 0.3 is 5.97 Å². The van der Waals surface area contributed by atoms with Crippen LogP contribution < -0.4 is 0 Å². The summed E-state index contributed by atoms with van der Waals surface area (Å²) in [6.07, 6.45) is 5.46. The minimum absolute atomic E-state index is 0.132. The minimum atomic E-state index is -0.316. The molecule has 1 aliphatic carbocycles. The molecule has 0 amide bonds. The van der Waals surface area contributed by atoms with Gasteiger partial charge in [-0.2, -0.15) is 0 Å². The zero-order valence-electron chi connectivity index (χ0n) is 25.5. The Morgan fingerprint density at radius 3 is 2.33 bits per heavy atom. The molecule has 7 heteroatoms. The van der Waals surface area contributed by atoms with Crippen molar-refractivity contribution in [2.24, 2.45) is 22.7 Å². The molecule has 2 atom stereocenters. The normalized spacial score (nSPS) is 18.4. The number of phenolic OH excluding ortho intramolecular Hbond substituents is 1. The van der Waals surface area contributed by atoms with E-state index in [2.05, 4.69) is 44.8 Å². The van der Waals surface area contributed by atoms with Crippen molar-refractivity contribution in [3.8, 4) is 11.4 Å². The summed E-state index contributed by atoms with van der Waals surface area (Å²) in [6.45, 7) is 18.3. The van der Waals surface area contributed by atoms with Gasteiger partial charge in [-0.15, -0.1) is 15.0 Å². The lowest BCUT2D eigenvalue weighted by molar-refractivity contribution is -0.144. The number of phenols is 1. The number of nitrogens with zero attached hydrogens (tertiary/aromatic N) is 3. The number of benzene rings is 2. The molecule has 1 heterocycles. The van der Waals surface area contributed by atoms with Crippen LogP contribution in [0.25, 0.3) is 16.7 Å². The number of carbonyl (C=O) groups excluding carboxylic acids is 1. The van der Waals surface area contributed by atoms with Gasteiger partial charge < -0.3 is 9.84 Å². The molecule has 1 aromatic heterocycles. The maximum Gasteiger partial charge on any atom is 0.306 e. The Bertz CT molecular complexity index is 1360. The molecule has 0 radical (unpaired) electrons. The van der Waals surface area contributed by atoms with Crippen LogP contribution in [0.2, 0.25) is 5.02 Å². The maximum absolute atomic E-state index is 12.7. The fraction of sp³-hybridized carbons (Fsp3) is 0.606. The van der Waals surface area contributed by atoms with E-state index in [0.717, 1.165) is 23.5 Å². The van der Waals surface area contributed by atoms with E-state index >= 15 is 0 Å². The number of carbonyl (C=O) groups is 1. The van der Waals surface area contributed by atoms with E-state index in [4.69, 9.17) is 16.3 Å².